The fraction of sp³-hybridized carbons (Fsp3) is 0.500. The molecule has 3 aromatic rings. The minimum atomic E-state index is -0.0472. The van der Waals surface area contributed by atoms with Gasteiger partial charge in [-0.25, -0.2) is 0 Å². The number of fused-ring (bicyclic) bond motifs is 1. The Morgan fingerprint density at radius 3 is 2.49 bits per heavy atom. The van der Waals surface area contributed by atoms with Gasteiger partial charge >= 0.3 is 0 Å². The minimum absolute atomic E-state index is 0.0462. The average Bonchev–Trinajstić information content (AvgIpc) is 3.63. The Morgan fingerprint density at radius 1 is 0.974 bits per heavy atom. The van der Waals surface area contributed by atoms with Crippen LogP contribution >= 0.6 is 0 Å². The molecule has 0 aliphatic heterocycles. The number of rotatable bonds is 15. The highest BCUT2D eigenvalue weighted by molar-refractivity contribution is 5.85. The first-order valence-corrected chi connectivity index (χ1v) is 14.4. The Labute approximate surface area is 232 Å². The number of carbonyl (C=O) groups excluding carboxylic acids is 2. The largest absolute Gasteiger partial charge is 0.494 e. The van der Waals surface area contributed by atoms with Crippen molar-refractivity contribution in [1.29, 1.82) is 0 Å². The average molecular weight is 534 g/mol. The molecule has 1 fully saturated rings. The summed E-state index contributed by atoms with van der Waals surface area (Å²) in [6.45, 7) is 4.51. The number of H-pyrrole nitrogens is 1. The lowest BCUT2D eigenvalue weighted by Crippen LogP contribution is -2.44. The van der Waals surface area contributed by atoms with E-state index in [0.29, 0.717) is 45.2 Å². The van der Waals surface area contributed by atoms with Gasteiger partial charge in [-0.2, -0.15) is 0 Å². The molecule has 1 aromatic heterocycles. The lowest BCUT2D eigenvalue weighted by Gasteiger charge is -2.28. The molecule has 2 aromatic carbocycles. The van der Waals surface area contributed by atoms with E-state index in [9.17, 15) is 9.59 Å². The summed E-state index contributed by atoms with van der Waals surface area (Å²) in [5.41, 5.74) is 3.30. The van der Waals surface area contributed by atoms with Crippen molar-refractivity contribution in [3.05, 3.63) is 65.9 Å². The van der Waals surface area contributed by atoms with Gasteiger partial charge in [-0.3, -0.25) is 9.59 Å². The van der Waals surface area contributed by atoms with Gasteiger partial charge in [0.05, 0.1) is 19.8 Å². The molecule has 1 aliphatic carbocycles. The molecule has 210 valence electrons. The summed E-state index contributed by atoms with van der Waals surface area (Å²) >= 11 is 0. The van der Waals surface area contributed by atoms with Crippen molar-refractivity contribution in [2.75, 3.05) is 40.0 Å². The highest BCUT2D eigenvalue weighted by Crippen LogP contribution is 2.28. The summed E-state index contributed by atoms with van der Waals surface area (Å²) < 4.78 is 10.9. The minimum Gasteiger partial charge on any atom is -0.494 e. The first-order chi connectivity index (χ1) is 19.1. The van der Waals surface area contributed by atoms with Crippen molar-refractivity contribution in [3.63, 3.8) is 0 Å². The van der Waals surface area contributed by atoms with Crippen LogP contribution < -0.4 is 4.74 Å². The van der Waals surface area contributed by atoms with E-state index in [1.165, 1.54) is 36.6 Å². The molecular weight excluding hydrogens is 490 g/mol. The summed E-state index contributed by atoms with van der Waals surface area (Å²) in [7, 11) is 1.63. The number of benzene rings is 2. The van der Waals surface area contributed by atoms with Crippen molar-refractivity contribution in [3.8, 4) is 5.75 Å². The third kappa shape index (κ3) is 8.33. The molecule has 1 N–H and O–H groups in total. The SMILES string of the molecule is CCOc1ccc(CN(CCc2c[nH]c3ccccc23)C(=O)CN(CCOC)C(=O)CCC2CCCC2)cc1. The van der Waals surface area contributed by atoms with Crippen LogP contribution in [-0.2, 0) is 27.3 Å². The molecule has 0 radical (unpaired) electrons. The maximum absolute atomic E-state index is 13.7. The molecule has 7 nitrogen and oxygen atoms in total. The normalized spacial score (nSPS) is 13.6. The standard InChI is InChI=1S/C32H43N3O4/c1-3-39-28-15-12-26(13-16-28)23-34(19-18-27-22-33-30-11-7-6-10-29(27)30)32(37)24-35(20-21-38-2)31(36)17-14-25-8-4-5-9-25/h6-7,10-13,15-16,22,25,33H,3-5,8-9,14,17-21,23-24H2,1-2H3. The third-order valence-electron chi connectivity index (χ3n) is 7.77. The van der Waals surface area contributed by atoms with Gasteiger partial charge in [0.1, 0.15) is 5.75 Å². The smallest absolute Gasteiger partial charge is 0.242 e. The lowest BCUT2D eigenvalue weighted by molar-refractivity contribution is -0.141. The van der Waals surface area contributed by atoms with Crippen molar-refractivity contribution < 1.29 is 19.1 Å². The first kappa shape index (κ1) is 28.7. The molecule has 0 unspecified atom stereocenters. The van der Waals surface area contributed by atoms with E-state index in [0.717, 1.165) is 29.7 Å². The zero-order chi connectivity index (χ0) is 27.5. The van der Waals surface area contributed by atoms with Gasteiger partial charge in [0, 0.05) is 50.3 Å². The Morgan fingerprint density at radius 2 is 1.74 bits per heavy atom. The summed E-state index contributed by atoms with van der Waals surface area (Å²) in [5, 5.41) is 1.18. The number of nitrogens with one attached hydrogen (secondary N) is 1. The molecule has 39 heavy (non-hydrogen) atoms. The number of ether oxygens (including phenoxy) is 2. The van der Waals surface area contributed by atoms with Gasteiger partial charge in [-0.05, 0) is 55.0 Å². The molecule has 4 rings (SSSR count). The van der Waals surface area contributed by atoms with E-state index in [-0.39, 0.29) is 18.4 Å². The zero-order valence-corrected chi connectivity index (χ0v) is 23.5. The highest BCUT2D eigenvalue weighted by Gasteiger charge is 2.23. The molecule has 1 aliphatic rings. The number of hydrogen-bond acceptors (Lipinski definition) is 4. The van der Waals surface area contributed by atoms with Crippen LogP contribution in [0.4, 0.5) is 0 Å². The monoisotopic (exact) mass is 533 g/mol. The fourth-order valence-corrected chi connectivity index (χ4v) is 5.51. The second kappa shape index (κ2) is 14.7. The Bertz CT molecular complexity index is 1180. The van der Waals surface area contributed by atoms with Gasteiger partial charge in [0.2, 0.25) is 11.8 Å². The van der Waals surface area contributed by atoms with Crippen LogP contribution in [0.5, 0.6) is 5.75 Å². The maximum atomic E-state index is 13.7. The van der Waals surface area contributed by atoms with Gasteiger partial charge in [0.15, 0.2) is 0 Å². The first-order valence-electron chi connectivity index (χ1n) is 14.4. The summed E-state index contributed by atoms with van der Waals surface area (Å²) in [6, 6.07) is 16.1. The summed E-state index contributed by atoms with van der Waals surface area (Å²) in [5.74, 6) is 1.46. The number of aromatic nitrogens is 1. The third-order valence-corrected chi connectivity index (χ3v) is 7.77. The van der Waals surface area contributed by atoms with Crippen LogP contribution in [0.15, 0.2) is 54.7 Å². The molecule has 1 heterocycles. The maximum Gasteiger partial charge on any atom is 0.242 e. The lowest BCUT2D eigenvalue weighted by atomic mass is 10.0. The molecule has 0 atom stereocenters. The number of carbonyl (C=O) groups is 2. The molecule has 0 spiro atoms. The molecule has 7 heteroatoms. The van der Waals surface area contributed by atoms with E-state index in [2.05, 4.69) is 17.1 Å². The number of methoxy groups -OCH3 is 1. The van der Waals surface area contributed by atoms with Gasteiger partial charge < -0.3 is 24.3 Å². The van der Waals surface area contributed by atoms with Crippen molar-refractivity contribution in [1.82, 2.24) is 14.8 Å². The van der Waals surface area contributed by atoms with Crippen molar-refractivity contribution in [2.45, 2.75) is 58.4 Å². The van der Waals surface area contributed by atoms with E-state index >= 15 is 0 Å². The van der Waals surface area contributed by atoms with E-state index < -0.39 is 0 Å². The fourth-order valence-electron chi connectivity index (χ4n) is 5.51. The van der Waals surface area contributed by atoms with Crippen molar-refractivity contribution >= 4 is 22.7 Å². The van der Waals surface area contributed by atoms with Crippen molar-refractivity contribution in [2.24, 2.45) is 5.92 Å². The molecule has 0 bridgehead atoms. The van der Waals surface area contributed by atoms with Gasteiger partial charge in [-0.15, -0.1) is 0 Å². The van der Waals surface area contributed by atoms with Crippen LogP contribution in [0.3, 0.4) is 0 Å². The molecule has 0 saturated heterocycles. The van der Waals surface area contributed by atoms with Crippen LogP contribution in [0.1, 0.15) is 56.6 Å². The topological polar surface area (TPSA) is 74.9 Å². The van der Waals surface area contributed by atoms with Crippen LogP contribution in [-0.4, -0.2) is 66.6 Å². The zero-order valence-electron chi connectivity index (χ0n) is 23.5. The number of nitrogens with zero attached hydrogens (tertiary/aromatic N) is 2. The summed E-state index contributed by atoms with van der Waals surface area (Å²) in [6.07, 6.45) is 9.12. The predicted molar refractivity (Wildman–Crippen MR) is 155 cm³/mol. The van der Waals surface area contributed by atoms with Crippen LogP contribution in [0.25, 0.3) is 10.9 Å². The van der Waals surface area contributed by atoms with E-state index in [4.69, 9.17) is 9.47 Å². The number of amides is 2. The molecule has 1 saturated carbocycles. The number of hydrogen-bond donors (Lipinski definition) is 1. The van der Waals surface area contributed by atoms with E-state index in [1.54, 1.807) is 12.0 Å². The second-order valence-electron chi connectivity index (χ2n) is 10.5. The van der Waals surface area contributed by atoms with Crippen LogP contribution in [0.2, 0.25) is 0 Å². The van der Waals surface area contributed by atoms with Crippen LogP contribution in [0, 0.1) is 5.92 Å². The second-order valence-corrected chi connectivity index (χ2v) is 10.5. The highest BCUT2D eigenvalue weighted by atomic mass is 16.5. The Balaban J connectivity index is 1.46. The number of aromatic amines is 1. The van der Waals surface area contributed by atoms with Gasteiger partial charge in [0.25, 0.3) is 0 Å². The molecular formula is C32H43N3O4. The number of para-hydroxylation sites is 1. The quantitative estimate of drug-likeness (QED) is 0.277. The summed E-state index contributed by atoms with van der Waals surface area (Å²) in [4.78, 5) is 33.8. The Kier molecular flexibility index (Phi) is 10.8. The predicted octanol–water partition coefficient (Wildman–Crippen LogP) is 5.58. The molecule has 2 amide bonds. The van der Waals surface area contributed by atoms with E-state index in [1.807, 2.05) is 54.4 Å². The van der Waals surface area contributed by atoms with Gasteiger partial charge in [-0.1, -0.05) is 56.0 Å². The Hall–Kier alpha value is -3.32.